The molecule has 1 amide bonds. The van der Waals surface area contributed by atoms with Gasteiger partial charge in [-0.2, -0.15) is 5.26 Å². The van der Waals surface area contributed by atoms with Crippen LogP contribution in [0.3, 0.4) is 0 Å². The highest BCUT2D eigenvalue weighted by atomic mass is 16.5. The van der Waals surface area contributed by atoms with E-state index in [1.54, 1.807) is 31.4 Å². The second-order valence-electron chi connectivity index (χ2n) is 7.36. The number of aromatic amines is 1. The lowest BCUT2D eigenvalue weighted by atomic mass is 9.83. The largest absolute Gasteiger partial charge is 0.493 e. The van der Waals surface area contributed by atoms with Crippen LogP contribution >= 0.6 is 0 Å². The number of allylic oxidation sites excluding steroid dienone is 1. The number of nitrogens with two attached hydrogens (primary N) is 2. The van der Waals surface area contributed by atoms with Crippen molar-refractivity contribution in [1.82, 2.24) is 10.2 Å². The number of nitrogens with zero attached hydrogens (tertiary/aromatic N) is 2. The number of hydrogen-bond donors (Lipinski definition) is 3. The van der Waals surface area contributed by atoms with Crippen LogP contribution in [-0.2, 0) is 4.79 Å². The van der Waals surface area contributed by atoms with Gasteiger partial charge in [0, 0.05) is 5.56 Å². The van der Waals surface area contributed by atoms with Gasteiger partial charge in [0.1, 0.15) is 17.4 Å². The Bertz CT molecular complexity index is 1290. The van der Waals surface area contributed by atoms with Gasteiger partial charge in [-0.3, -0.25) is 9.89 Å². The summed E-state index contributed by atoms with van der Waals surface area (Å²) in [5.41, 5.74) is 14.3. The summed E-state index contributed by atoms with van der Waals surface area (Å²) in [6.45, 7) is 2.16. The van der Waals surface area contributed by atoms with Crippen LogP contribution in [0.25, 0.3) is 11.3 Å². The van der Waals surface area contributed by atoms with Crippen molar-refractivity contribution in [1.29, 1.82) is 5.26 Å². The number of nitriles is 1. The second-order valence-corrected chi connectivity index (χ2v) is 7.36. The summed E-state index contributed by atoms with van der Waals surface area (Å²) in [7, 11) is 1.56. The van der Waals surface area contributed by atoms with Gasteiger partial charge >= 0.3 is 0 Å². The number of carbonyl (C=O) groups is 1. The molecule has 10 heteroatoms. The number of rotatable bonds is 8. The van der Waals surface area contributed by atoms with Crippen LogP contribution in [0.4, 0.5) is 0 Å². The summed E-state index contributed by atoms with van der Waals surface area (Å²) in [6, 6.07) is 14.6. The summed E-state index contributed by atoms with van der Waals surface area (Å²) in [5.74, 6) is 0.772. The van der Waals surface area contributed by atoms with E-state index in [0.717, 1.165) is 11.1 Å². The third-order valence-corrected chi connectivity index (χ3v) is 5.29. The van der Waals surface area contributed by atoms with Crippen molar-refractivity contribution in [3.8, 4) is 40.5 Å². The first-order chi connectivity index (χ1) is 16.5. The second kappa shape index (κ2) is 9.46. The fraction of sp³-hybridized carbons (Fsp3) is 0.208. The fourth-order valence-electron chi connectivity index (χ4n) is 3.81. The number of H-pyrrole nitrogens is 1. The Balaban J connectivity index is 1.79. The Kier molecular flexibility index (Phi) is 6.27. The van der Waals surface area contributed by atoms with Gasteiger partial charge < -0.3 is 30.4 Å². The first kappa shape index (κ1) is 22.5. The van der Waals surface area contributed by atoms with Crippen molar-refractivity contribution in [2.75, 3.05) is 20.3 Å². The highest BCUT2D eigenvalue weighted by Crippen LogP contribution is 2.46. The summed E-state index contributed by atoms with van der Waals surface area (Å²) >= 11 is 0. The molecule has 34 heavy (non-hydrogen) atoms. The van der Waals surface area contributed by atoms with E-state index in [1.807, 2.05) is 25.1 Å². The average Bonchev–Trinajstić information content (AvgIpc) is 3.26. The van der Waals surface area contributed by atoms with Gasteiger partial charge in [-0.25, -0.2) is 0 Å². The predicted molar refractivity (Wildman–Crippen MR) is 122 cm³/mol. The summed E-state index contributed by atoms with van der Waals surface area (Å²) < 4.78 is 22.1. The van der Waals surface area contributed by atoms with Crippen LogP contribution in [-0.4, -0.2) is 36.4 Å². The molecule has 0 saturated heterocycles. The first-order valence-corrected chi connectivity index (χ1v) is 10.4. The van der Waals surface area contributed by atoms with E-state index >= 15 is 0 Å². The molecule has 3 aromatic rings. The Morgan fingerprint density at radius 3 is 2.62 bits per heavy atom. The average molecular weight is 461 g/mol. The maximum absolute atomic E-state index is 11.0. The minimum atomic E-state index is -0.575. The first-order valence-electron chi connectivity index (χ1n) is 10.4. The Morgan fingerprint density at radius 2 is 1.97 bits per heavy atom. The molecule has 0 saturated carbocycles. The standard InChI is InChI=1S/C24H23N5O5/c1-3-32-17-9-6-14(10-18(17)31-2)22-21-20(16(11-25)23(27)34-24(21)29-28-22)13-4-7-15(8-5-13)33-12-19(26)30/h4-10,20H,3,12,27H2,1-2H3,(H2,26,30)(H,28,29). The number of methoxy groups -OCH3 is 1. The molecular formula is C24H23N5O5. The topological polar surface area (TPSA) is 158 Å². The monoisotopic (exact) mass is 461 g/mol. The van der Waals surface area contributed by atoms with Crippen LogP contribution in [0, 0.1) is 11.3 Å². The molecule has 174 valence electrons. The number of nitrogens with one attached hydrogen (secondary N) is 1. The zero-order chi connectivity index (χ0) is 24.2. The third-order valence-electron chi connectivity index (χ3n) is 5.29. The van der Waals surface area contributed by atoms with Crippen LogP contribution in [0.2, 0.25) is 0 Å². The van der Waals surface area contributed by atoms with Crippen LogP contribution in [0.15, 0.2) is 53.9 Å². The molecule has 0 radical (unpaired) electrons. The van der Waals surface area contributed by atoms with Gasteiger partial charge in [0.25, 0.3) is 5.91 Å². The molecule has 1 atom stereocenters. The van der Waals surface area contributed by atoms with Crippen molar-refractivity contribution < 1.29 is 23.7 Å². The molecule has 4 rings (SSSR count). The molecule has 0 aliphatic carbocycles. The third kappa shape index (κ3) is 4.19. The Morgan fingerprint density at radius 1 is 1.21 bits per heavy atom. The highest BCUT2D eigenvalue weighted by Gasteiger charge is 2.35. The molecular weight excluding hydrogens is 438 g/mol. The normalized spacial score (nSPS) is 14.6. The number of ether oxygens (including phenoxy) is 4. The number of aromatic nitrogens is 2. The van der Waals surface area contributed by atoms with E-state index in [1.165, 1.54) is 0 Å². The molecule has 0 spiro atoms. The summed E-state index contributed by atoms with van der Waals surface area (Å²) in [5, 5.41) is 17.2. The Labute approximate surface area is 195 Å². The lowest BCUT2D eigenvalue weighted by Gasteiger charge is -2.24. The molecule has 0 fully saturated rings. The van der Waals surface area contributed by atoms with E-state index in [9.17, 15) is 10.1 Å². The van der Waals surface area contributed by atoms with Crippen LogP contribution in [0.1, 0.15) is 24.0 Å². The zero-order valence-corrected chi connectivity index (χ0v) is 18.6. The lowest BCUT2D eigenvalue weighted by Crippen LogP contribution is -2.21. The number of primary amides is 1. The molecule has 1 aliphatic heterocycles. The number of amides is 1. The molecule has 1 aromatic heterocycles. The van der Waals surface area contributed by atoms with Crippen LogP contribution < -0.4 is 30.4 Å². The van der Waals surface area contributed by atoms with Gasteiger partial charge in [0.05, 0.1) is 30.9 Å². The van der Waals surface area contributed by atoms with E-state index in [4.69, 9.17) is 30.4 Å². The van der Waals surface area contributed by atoms with Crippen molar-refractivity contribution in [2.45, 2.75) is 12.8 Å². The van der Waals surface area contributed by atoms with Crippen molar-refractivity contribution in [3.05, 3.63) is 65.0 Å². The smallest absolute Gasteiger partial charge is 0.255 e. The molecule has 1 unspecified atom stereocenters. The number of hydrogen-bond acceptors (Lipinski definition) is 8. The van der Waals surface area contributed by atoms with Gasteiger partial charge in [-0.1, -0.05) is 12.1 Å². The maximum Gasteiger partial charge on any atom is 0.255 e. The highest BCUT2D eigenvalue weighted by molar-refractivity contribution is 5.75. The van der Waals surface area contributed by atoms with Crippen LogP contribution in [0.5, 0.6) is 23.1 Å². The predicted octanol–water partition coefficient (Wildman–Crippen LogP) is 2.57. The lowest BCUT2D eigenvalue weighted by molar-refractivity contribution is -0.119. The van der Waals surface area contributed by atoms with Gasteiger partial charge in [-0.15, -0.1) is 5.10 Å². The Hall–Kier alpha value is -4.65. The van der Waals surface area contributed by atoms with Gasteiger partial charge in [0.2, 0.25) is 11.8 Å². The molecule has 2 heterocycles. The molecule has 1 aliphatic rings. The number of benzene rings is 2. The van der Waals surface area contributed by atoms with E-state index in [0.29, 0.717) is 35.1 Å². The zero-order valence-electron chi connectivity index (χ0n) is 18.6. The summed E-state index contributed by atoms with van der Waals surface area (Å²) in [6.07, 6.45) is 0. The number of carbonyl (C=O) groups excluding carboxylic acids is 1. The van der Waals surface area contributed by atoms with E-state index < -0.39 is 11.8 Å². The minimum absolute atomic E-state index is 0.0172. The molecule has 5 N–H and O–H groups in total. The number of fused-ring (bicyclic) bond motifs is 1. The van der Waals surface area contributed by atoms with Crippen molar-refractivity contribution >= 4 is 5.91 Å². The van der Waals surface area contributed by atoms with E-state index in [-0.39, 0.29) is 23.9 Å². The SMILES string of the molecule is CCOc1ccc(-c2[nH]nc3c2C(c2ccc(OCC(N)=O)cc2)C(C#N)=C(N)O3)cc1OC. The summed E-state index contributed by atoms with van der Waals surface area (Å²) in [4.78, 5) is 11.0. The van der Waals surface area contributed by atoms with E-state index in [2.05, 4.69) is 16.3 Å². The molecule has 0 bridgehead atoms. The van der Waals surface area contributed by atoms with Crippen molar-refractivity contribution in [2.24, 2.45) is 11.5 Å². The fourth-order valence-corrected chi connectivity index (χ4v) is 3.81. The minimum Gasteiger partial charge on any atom is -0.493 e. The quantitative estimate of drug-likeness (QED) is 0.462. The maximum atomic E-state index is 11.0. The van der Waals surface area contributed by atoms with Gasteiger partial charge in [0.15, 0.2) is 18.1 Å². The molecule has 10 nitrogen and oxygen atoms in total. The molecule has 2 aromatic carbocycles. The van der Waals surface area contributed by atoms with Crippen molar-refractivity contribution in [3.63, 3.8) is 0 Å². The van der Waals surface area contributed by atoms with Gasteiger partial charge in [-0.05, 0) is 42.8 Å².